The number of halogens is 1. The molecule has 4 rings (SSSR count). The molecule has 0 saturated heterocycles. The number of thiazole rings is 1. The average molecular weight is 407 g/mol. The number of anilines is 3. The van der Waals surface area contributed by atoms with Crippen LogP contribution in [-0.2, 0) is 0 Å². The topological polar surface area (TPSA) is 16.1 Å². The van der Waals surface area contributed by atoms with Crippen molar-refractivity contribution in [2.45, 2.75) is 0 Å². The highest BCUT2D eigenvalue weighted by Crippen LogP contribution is 2.36. The van der Waals surface area contributed by atoms with Gasteiger partial charge in [0, 0.05) is 22.6 Å². The molecule has 4 heteroatoms. The minimum Gasteiger partial charge on any atom is -0.311 e. The van der Waals surface area contributed by atoms with Crippen LogP contribution in [0.15, 0.2) is 94.9 Å². The van der Waals surface area contributed by atoms with Gasteiger partial charge in [-0.25, -0.2) is 4.98 Å². The molecule has 0 radical (unpaired) electrons. The lowest BCUT2D eigenvalue weighted by atomic mass is 10.1. The number of nitrogens with zero attached hydrogens (tertiary/aromatic N) is 2. The van der Waals surface area contributed by atoms with Crippen LogP contribution in [0.2, 0.25) is 0 Å². The Morgan fingerprint density at radius 3 is 1.68 bits per heavy atom. The van der Waals surface area contributed by atoms with Crippen LogP contribution in [0.25, 0.3) is 10.6 Å². The van der Waals surface area contributed by atoms with E-state index in [1.807, 2.05) is 18.3 Å². The van der Waals surface area contributed by atoms with Crippen molar-refractivity contribution in [3.8, 4) is 10.6 Å². The number of aromatic nitrogens is 1. The maximum Gasteiger partial charge on any atom is 0.124 e. The van der Waals surface area contributed by atoms with E-state index in [0.717, 1.165) is 31.4 Å². The molecule has 0 spiro atoms. The molecule has 2 nitrogen and oxygen atoms in total. The monoisotopic (exact) mass is 406 g/mol. The second-order valence-corrected chi connectivity index (χ2v) is 7.93. The SMILES string of the molecule is Brc1cnc(-c2ccc(N(c3ccccc3)c3ccccc3)cc2)s1. The van der Waals surface area contributed by atoms with E-state index in [1.54, 1.807) is 11.3 Å². The van der Waals surface area contributed by atoms with E-state index in [-0.39, 0.29) is 0 Å². The standard InChI is InChI=1S/C21H15BrN2S/c22-20-15-23-21(25-20)16-11-13-19(14-12-16)24(17-7-3-1-4-8-17)18-9-5-2-6-10-18/h1-15H. The van der Waals surface area contributed by atoms with Gasteiger partial charge in [0.25, 0.3) is 0 Å². The van der Waals surface area contributed by atoms with Crippen LogP contribution in [0.3, 0.4) is 0 Å². The molecule has 0 aliphatic rings. The van der Waals surface area contributed by atoms with Crippen molar-refractivity contribution in [2.24, 2.45) is 0 Å². The lowest BCUT2D eigenvalue weighted by Gasteiger charge is -2.25. The zero-order chi connectivity index (χ0) is 17.1. The summed E-state index contributed by atoms with van der Waals surface area (Å²) in [4.78, 5) is 6.69. The molecule has 0 aliphatic carbocycles. The molecule has 0 atom stereocenters. The van der Waals surface area contributed by atoms with Gasteiger partial charge in [-0.1, -0.05) is 36.4 Å². The summed E-state index contributed by atoms with van der Waals surface area (Å²) in [7, 11) is 0. The fourth-order valence-corrected chi connectivity index (χ4v) is 3.95. The summed E-state index contributed by atoms with van der Waals surface area (Å²) in [5, 5.41) is 1.02. The van der Waals surface area contributed by atoms with E-state index in [2.05, 4.69) is 98.6 Å². The van der Waals surface area contributed by atoms with Crippen LogP contribution < -0.4 is 4.90 Å². The summed E-state index contributed by atoms with van der Waals surface area (Å²) in [5.74, 6) is 0. The minimum absolute atomic E-state index is 1.02. The van der Waals surface area contributed by atoms with Gasteiger partial charge in [-0.2, -0.15) is 0 Å². The Balaban J connectivity index is 1.75. The third kappa shape index (κ3) is 3.50. The van der Waals surface area contributed by atoms with Gasteiger partial charge in [0.1, 0.15) is 5.01 Å². The lowest BCUT2D eigenvalue weighted by molar-refractivity contribution is 1.28. The Hall–Kier alpha value is -2.43. The summed E-state index contributed by atoms with van der Waals surface area (Å²) in [6, 6.07) is 29.4. The van der Waals surface area contributed by atoms with E-state index < -0.39 is 0 Å². The van der Waals surface area contributed by atoms with Crippen LogP contribution in [-0.4, -0.2) is 4.98 Å². The summed E-state index contributed by atoms with van der Waals surface area (Å²) in [6.45, 7) is 0. The van der Waals surface area contributed by atoms with Crippen LogP contribution in [0.1, 0.15) is 0 Å². The molecule has 0 saturated carbocycles. The van der Waals surface area contributed by atoms with Gasteiger partial charge < -0.3 is 4.90 Å². The number of hydrogen-bond acceptors (Lipinski definition) is 3. The van der Waals surface area contributed by atoms with Crippen LogP contribution in [0, 0.1) is 0 Å². The molecule has 4 aromatic rings. The molecular weight excluding hydrogens is 392 g/mol. The minimum atomic E-state index is 1.02. The van der Waals surface area contributed by atoms with Crippen LogP contribution in [0.5, 0.6) is 0 Å². The maximum atomic E-state index is 4.43. The molecule has 122 valence electrons. The first-order valence-electron chi connectivity index (χ1n) is 7.93. The molecule has 3 aromatic carbocycles. The van der Waals surface area contributed by atoms with Gasteiger partial charge in [-0.05, 0) is 64.5 Å². The van der Waals surface area contributed by atoms with Gasteiger partial charge in [0.05, 0.1) is 9.98 Å². The first kappa shape index (κ1) is 16.1. The summed E-state index contributed by atoms with van der Waals surface area (Å²) < 4.78 is 1.04. The normalized spacial score (nSPS) is 10.6. The van der Waals surface area contributed by atoms with E-state index in [9.17, 15) is 0 Å². The van der Waals surface area contributed by atoms with Crippen molar-refractivity contribution >= 4 is 44.3 Å². The number of para-hydroxylation sites is 2. The summed E-state index contributed by atoms with van der Waals surface area (Å²) in [6.07, 6.45) is 1.84. The van der Waals surface area contributed by atoms with Crippen molar-refractivity contribution in [3.05, 3.63) is 94.9 Å². The number of benzene rings is 3. The summed E-state index contributed by atoms with van der Waals surface area (Å²) >= 11 is 5.12. The van der Waals surface area contributed by atoms with Gasteiger partial charge in [0.2, 0.25) is 0 Å². The van der Waals surface area contributed by atoms with Crippen molar-refractivity contribution in [2.75, 3.05) is 4.90 Å². The van der Waals surface area contributed by atoms with Crippen LogP contribution in [0.4, 0.5) is 17.1 Å². The fraction of sp³-hybridized carbons (Fsp3) is 0. The van der Waals surface area contributed by atoms with Crippen LogP contribution >= 0.6 is 27.3 Å². The zero-order valence-electron chi connectivity index (χ0n) is 13.3. The third-order valence-electron chi connectivity index (χ3n) is 3.88. The van der Waals surface area contributed by atoms with Crippen molar-refractivity contribution in [3.63, 3.8) is 0 Å². The highest BCUT2D eigenvalue weighted by Gasteiger charge is 2.12. The molecule has 1 aromatic heterocycles. The first-order valence-corrected chi connectivity index (χ1v) is 9.54. The quantitative estimate of drug-likeness (QED) is 0.361. The molecule has 0 amide bonds. The average Bonchev–Trinajstić information content (AvgIpc) is 3.11. The molecule has 0 N–H and O–H groups in total. The van der Waals surface area contributed by atoms with Crippen molar-refractivity contribution in [1.82, 2.24) is 4.98 Å². The highest BCUT2D eigenvalue weighted by atomic mass is 79.9. The number of rotatable bonds is 4. The second-order valence-electron chi connectivity index (χ2n) is 5.52. The van der Waals surface area contributed by atoms with E-state index in [4.69, 9.17) is 0 Å². The Kier molecular flexibility index (Phi) is 4.63. The molecule has 25 heavy (non-hydrogen) atoms. The van der Waals surface area contributed by atoms with Gasteiger partial charge in [-0.3, -0.25) is 0 Å². The smallest absolute Gasteiger partial charge is 0.124 e. The van der Waals surface area contributed by atoms with Gasteiger partial charge in [0.15, 0.2) is 0 Å². The Morgan fingerprint density at radius 2 is 1.20 bits per heavy atom. The Labute approximate surface area is 159 Å². The molecule has 1 heterocycles. The van der Waals surface area contributed by atoms with Crippen molar-refractivity contribution < 1.29 is 0 Å². The summed E-state index contributed by atoms with van der Waals surface area (Å²) in [5.41, 5.74) is 4.52. The second kappa shape index (κ2) is 7.21. The largest absolute Gasteiger partial charge is 0.311 e. The first-order chi connectivity index (χ1) is 12.3. The molecule has 0 aliphatic heterocycles. The number of hydrogen-bond donors (Lipinski definition) is 0. The van der Waals surface area contributed by atoms with Gasteiger partial charge >= 0.3 is 0 Å². The molecule has 0 bridgehead atoms. The Bertz CT molecular complexity index is 911. The maximum absolute atomic E-state index is 4.43. The van der Waals surface area contributed by atoms with E-state index in [0.29, 0.717) is 0 Å². The fourth-order valence-electron chi connectivity index (χ4n) is 2.74. The van der Waals surface area contributed by atoms with Crippen molar-refractivity contribution in [1.29, 1.82) is 0 Å². The predicted octanol–water partition coefficient (Wildman–Crippen LogP) is 7.04. The van der Waals surface area contributed by atoms with E-state index >= 15 is 0 Å². The highest BCUT2D eigenvalue weighted by molar-refractivity contribution is 9.11. The Morgan fingerprint density at radius 1 is 0.680 bits per heavy atom. The lowest BCUT2D eigenvalue weighted by Crippen LogP contribution is -2.09. The van der Waals surface area contributed by atoms with Gasteiger partial charge in [-0.15, -0.1) is 11.3 Å². The molecular formula is C21H15BrN2S. The molecule has 0 unspecified atom stereocenters. The zero-order valence-corrected chi connectivity index (χ0v) is 15.7. The third-order valence-corrected chi connectivity index (χ3v) is 5.40. The molecule has 0 fully saturated rings. The predicted molar refractivity (Wildman–Crippen MR) is 110 cm³/mol. The van der Waals surface area contributed by atoms with E-state index in [1.165, 1.54) is 0 Å².